The predicted molar refractivity (Wildman–Crippen MR) is 51.0 cm³/mol. The maximum atomic E-state index is 12.2. The molecule has 1 amide bonds. The molecule has 0 spiro atoms. The van der Waals surface area contributed by atoms with Crippen molar-refractivity contribution < 1.29 is 18.0 Å². The number of primary amides is 1. The van der Waals surface area contributed by atoms with Gasteiger partial charge < -0.3 is 5.73 Å². The molecule has 0 aromatic carbocycles. The number of carbonyl (C=O) groups is 1. The number of rotatable bonds is 3. The smallest absolute Gasteiger partial charge is 0.369 e. The van der Waals surface area contributed by atoms with Crippen LogP contribution in [0.2, 0.25) is 0 Å². The van der Waals surface area contributed by atoms with Gasteiger partial charge in [0, 0.05) is 18.5 Å². The van der Waals surface area contributed by atoms with Crippen LogP contribution in [0.3, 0.4) is 0 Å². The van der Waals surface area contributed by atoms with Crippen LogP contribution >= 0.6 is 0 Å². The Morgan fingerprint density at radius 1 is 1.50 bits per heavy atom. The van der Waals surface area contributed by atoms with Gasteiger partial charge in [0.15, 0.2) is 0 Å². The summed E-state index contributed by atoms with van der Waals surface area (Å²) >= 11 is 0. The average Bonchev–Trinajstić information content (AvgIpc) is 2.17. The Morgan fingerprint density at radius 2 is 2.12 bits per heavy atom. The fraction of sp³-hybridized carbons (Fsp3) is 0.300. The highest BCUT2D eigenvalue weighted by Gasteiger charge is 2.32. The summed E-state index contributed by atoms with van der Waals surface area (Å²) in [5, 5.41) is 0. The molecule has 87 valence electrons. The first-order valence-electron chi connectivity index (χ1n) is 4.48. The second kappa shape index (κ2) is 4.51. The normalized spacial score (nSPS) is 13.5. The highest BCUT2D eigenvalue weighted by molar-refractivity contribution is 5.78. The third-order valence-electron chi connectivity index (χ3n) is 1.97. The minimum Gasteiger partial charge on any atom is -0.369 e. The molecule has 1 aromatic heterocycles. The lowest BCUT2D eigenvalue weighted by Gasteiger charge is -2.08. The van der Waals surface area contributed by atoms with Gasteiger partial charge in [-0.05, 0) is 11.6 Å². The molecule has 3 nitrogen and oxygen atoms in total. The van der Waals surface area contributed by atoms with E-state index in [4.69, 9.17) is 5.73 Å². The summed E-state index contributed by atoms with van der Waals surface area (Å²) in [5.74, 6) is -1.08. The number of amides is 1. The average molecular weight is 231 g/mol. The van der Waals surface area contributed by atoms with E-state index in [1.807, 2.05) is 0 Å². The van der Waals surface area contributed by atoms with Crippen LogP contribution in [0.4, 0.5) is 13.2 Å². The number of alkyl halides is 3. The van der Waals surface area contributed by atoms with Gasteiger partial charge in [0.05, 0.1) is 0 Å². The lowest BCUT2D eigenvalue weighted by molar-refractivity contribution is -0.141. The SMILES string of the molecule is C[C@H]([CH]c1ccc(C(F)(F)F)nc1)C(N)=O. The minimum atomic E-state index is -4.45. The van der Waals surface area contributed by atoms with E-state index in [1.54, 1.807) is 6.92 Å². The molecule has 1 rings (SSSR count). The van der Waals surface area contributed by atoms with Crippen LogP contribution in [-0.2, 0) is 11.0 Å². The number of nitrogens with two attached hydrogens (primary N) is 1. The molecule has 0 unspecified atom stereocenters. The van der Waals surface area contributed by atoms with Crippen LogP contribution in [0.25, 0.3) is 0 Å². The lowest BCUT2D eigenvalue weighted by atomic mass is 10.0. The van der Waals surface area contributed by atoms with Gasteiger partial charge in [0.25, 0.3) is 0 Å². The van der Waals surface area contributed by atoms with Crippen molar-refractivity contribution in [2.45, 2.75) is 13.1 Å². The number of pyridine rings is 1. The van der Waals surface area contributed by atoms with Crippen LogP contribution in [0.5, 0.6) is 0 Å². The van der Waals surface area contributed by atoms with E-state index in [9.17, 15) is 18.0 Å². The van der Waals surface area contributed by atoms with Crippen LogP contribution < -0.4 is 5.73 Å². The third-order valence-corrected chi connectivity index (χ3v) is 1.97. The molecule has 0 aliphatic heterocycles. The number of halogens is 3. The number of aromatic nitrogens is 1. The summed E-state index contributed by atoms with van der Waals surface area (Å²) < 4.78 is 36.5. The first-order chi connectivity index (χ1) is 7.30. The second-order valence-corrected chi connectivity index (χ2v) is 3.33. The quantitative estimate of drug-likeness (QED) is 0.861. The highest BCUT2D eigenvalue weighted by atomic mass is 19.4. The number of nitrogens with zero attached hydrogens (tertiary/aromatic N) is 1. The van der Waals surface area contributed by atoms with Crippen molar-refractivity contribution in [2.75, 3.05) is 0 Å². The standard InChI is InChI=1S/C10H10F3N2O/c1-6(9(14)16)4-7-2-3-8(15-5-7)10(11,12)13/h2-6H,1H3,(H2,14,16)/t6-/m1/s1. The topological polar surface area (TPSA) is 56.0 Å². The molecule has 1 radical (unpaired) electrons. The molecule has 0 fully saturated rings. The summed E-state index contributed by atoms with van der Waals surface area (Å²) in [6.45, 7) is 1.56. The van der Waals surface area contributed by atoms with Gasteiger partial charge >= 0.3 is 6.18 Å². The Balaban J connectivity index is 2.76. The third kappa shape index (κ3) is 3.22. The van der Waals surface area contributed by atoms with E-state index in [1.165, 1.54) is 12.5 Å². The molecule has 1 atom stereocenters. The molecule has 0 bridgehead atoms. The predicted octanol–water partition coefficient (Wildman–Crippen LogP) is 1.77. The van der Waals surface area contributed by atoms with E-state index in [2.05, 4.69) is 4.98 Å². The number of carbonyl (C=O) groups excluding carboxylic acids is 1. The van der Waals surface area contributed by atoms with Gasteiger partial charge in [0.2, 0.25) is 5.91 Å². The number of hydrogen-bond acceptors (Lipinski definition) is 2. The molecule has 16 heavy (non-hydrogen) atoms. The van der Waals surface area contributed by atoms with E-state index in [0.29, 0.717) is 5.56 Å². The van der Waals surface area contributed by atoms with Crippen molar-refractivity contribution in [3.8, 4) is 0 Å². The van der Waals surface area contributed by atoms with Gasteiger partial charge in [-0.3, -0.25) is 9.78 Å². The van der Waals surface area contributed by atoms with Gasteiger partial charge in [0.1, 0.15) is 5.69 Å². The summed E-state index contributed by atoms with van der Waals surface area (Å²) in [6.07, 6.45) is -1.94. The van der Waals surface area contributed by atoms with E-state index < -0.39 is 23.7 Å². The molecule has 0 aliphatic carbocycles. The van der Waals surface area contributed by atoms with Crippen molar-refractivity contribution in [3.63, 3.8) is 0 Å². The summed E-state index contributed by atoms with van der Waals surface area (Å²) in [7, 11) is 0. The van der Waals surface area contributed by atoms with Gasteiger partial charge in [-0.1, -0.05) is 13.0 Å². The maximum absolute atomic E-state index is 12.2. The maximum Gasteiger partial charge on any atom is 0.433 e. The lowest BCUT2D eigenvalue weighted by Crippen LogP contribution is -2.21. The molecule has 2 N–H and O–H groups in total. The van der Waals surface area contributed by atoms with Crippen molar-refractivity contribution in [1.82, 2.24) is 4.98 Å². The van der Waals surface area contributed by atoms with Crippen LogP contribution in [0.15, 0.2) is 18.3 Å². The zero-order chi connectivity index (χ0) is 12.3. The van der Waals surface area contributed by atoms with Crippen LogP contribution in [-0.4, -0.2) is 10.9 Å². The Labute approximate surface area is 90.5 Å². The molecular weight excluding hydrogens is 221 g/mol. The van der Waals surface area contributed by atoms with Crippen molar-refractivity contribution >= 4 is 5.91 Å². The molecular formula is C10H10F3N2O. The largest absolute Gasteiger partial charge is 0.433 e. The van der Waals surface area contributed by atoms with E-state index in [0.717, 1.165) is 12.3 Å². The van der Waals surface area contributed by atoms with Gasteiger partial charge in [-0.15, -0.1) is 0 Å². The summed E-state index contributed by atoms with van der Waals surface area (Å²) in [5.41, 5.74) is 4.48. The molecule has 1 heterocycles. The van der Waals surface area contributed by atoms with Crippen molar-refractivity contribution in [3.05, 3.63) is 36.0 Å². The van der Waals surface area contributed by atoms with Crippen molar-refractivity contribution in [2.24, 2.45) is 11.7 Å². The Hall–Kier alpha value is -1.59. The molecule has 1 aromatic rings. The highest BCUT2D eigenvalue weighted by Crippen LogP contribution is 2.27. The Bertz CT molecular complexity index is 373. The van der Waals surface area contributed by atoms with E-state index >= 15 is 0 Å². The Morgan fingerprint density at radius 3 is 2.50 bits per heavy atom. The summed E-state index contributed by atoms with van der Waals surface area (Å²) in [6, 6.07) is 2.11. The first kappa shape index (κ1) is 12.5. The fourth-order valence-corrected chi connectivity index (χ4v) is 1.04. The van der Waals surface area contributed by atoms with Crippen LogP contribution in [0.1, 0.15) is 18.2 Å². The monoisotopic (exact) mass is 231 g/mol. The number of hydrogen-bond donors (Lipinski definition) is 1. The zero-order valence-corrected chi connectivity index (χ0v) is 8.45. The Kier molecular flexibility index (Phi) is 3.51. The molecule has 0 saturated carbocycles. The zero-order valence-electron chi connectivity index (χ0n) is 8.45. The van der Waals surface area contributed by atoms with Crippen LogP contribution in [0, 0.1) is 12.3 Å². The molecule has 6 heteroatoms. The summed E-state index contributed by atoms with van der Waals surface area (Å²) in [4.78, 5) is 14.0. The second-order valence-electron chi connectivity index (χ2n) is 3.33. The van der Waals surface area contributed by atoms with Gasteiger partial charge in [-0.2, -0.15) is 13.2 Å². The minimum absolute atomic E-state index is 0.430. The van der Waals surface area contributed by atoms with E-state index in [-0.39, 0.29) is 0 Å². The molecule has 0 aliphatic rings. The van der Waals surface area contributed by atoms with Crippen molar-refractivity contribution in [1.29, 1.82) is 0 Å². The molecule has 0 saturated heterocycles. The fourth-order valence-electron chi connectivity index (χ4n) is 1.04. The van der Waals surface area contributed by atoms with Gasteiger partial charge in [-0.25, -0.2) is 0 Å². The first-order valence-corrected chi connectivity index (χ1v) is 4.48.